The molecule has 0 radical (unpaired) electrons. The van der Waals surface area contributed by atoms with Crippen LogP contribution in [0.1, 0.15) is 17.2 Å². The Morgan fingerprint density at radius 3 is 2.94 bits per heavy atom. The van der Waals surface area contributed by atoms with Crippen LogP contribution in [-0.2, 0) is 6.42 Å². The number of hydrogen-bond acceptors (Lipinski definition) is 3. The molecule has 2 rings (SSSR count). The fourth-order valence-corrected chi connectivity index (χ4v) is 1.83. The van der Waals surface area contributed by atoms with Gasteiger partial charge in [-0.15, -0.1) is 0 Å². The first-order valence-electron chi connectivity index (χ1n) is 5.61. The highest BCUT2D eigenvalue weighted by Crippen LogP contribution is 2.26. The number of aromatic nitrogens is 1. The quantitative estimate of drug-likeness (QED) is 0.902. The van der Waals surface area contributed by atoms with Crippen LogP contribution in [0, 0.1) is 5.82 Å². The van der Waals surface area contributed by atoms with Gasteiger partial charge in [-0.2, -0.15) is 0 Å². The molecule has 0 aliphatic heterocycles. The zero-order chi connectivity index (χ0) is 13.0. The molecule has 0 spiro atoms. The van der Waals surface area contributed by atoms with E-state index in [1.807, 2.05) is 0 Å². The predicted molar refractivity (Wildman–Crippen MR) is 65.9 cm³/mol. The third kappa shape index (κ3) is 2.84. The minimum Gasteiger partial charge on any atom is -0.495 e. The number of methoxy groups -OCH3 is 1. The summed E-state index contributed by atoms with van der Waals surface area (Å²) in [6.45, 7) is 0. The van der Waals surface area contributed by atoms with E-state index in [0.717, 1.165) is 5.56 Å². The first-order valence-corrected chi connectivity index (χ1v) is 5.61. The van der Waals surface area contributed by atoms with E-state index >= 15 is 0 Å². The molecule has 0 bridgehead atoms. The van der Waals surface area contributed by atoms with Crippen LogP contribution < -0.4 is 4.74 Å². The molecule has 2 aromatic rings. The van der Waals surface area contributed by atoms with E-state index < -0.39 is 6.10 Å². The van der Waals surface area contributed by atoms with Crippen LogP contribution in [0.25, 0.3) is 0 Å². The topological polar surface area (TPSA) is 42.4 Å². The first kappa shape index (κ1) is 12.5. The molecule has 1 aromatic carbocycles. The number of aliphatic hydroxyl groups is 1. The standard InChI is InChI=1S/C14H14FNO2/c1-18-14-9-16-6-5-12(14)13(17)8-10-3-2-4-11(15)7-10/h2-7,9,13,17H,8H2,1H3. The molecule has 0 saturated carbocycles. The van der Waals surface area contributed by atoms with E-state index in [-0.39, 0.29) is 5.82 Å². The van der Waals surface area contributed by atoms with Gasteiger partial charge in [0.2, 0.25) is 0 Å². The average Bonchev–Trinajstić information content (AvgIpc) is 2.38. The number of pyridine rings is 1. The molecule has 0 aliphatic carbocycles. The van der Waals surface area contributed by atoms with Crippen molar-refractivity contribution in [1.82, 2.24) is 4.98 Å². The lowest BCUT2D eigenvalue weighted by Gasteiger charge is -2.14. The van der Waals surface area contributed by atoms with Crippen molar-refractivity contribution in [2.24, 2.45) is 0 Å². The maximum atomic E-state index is 13.0. The highest BCUT2D eigenvalue weighted by atomic mass is 19.1. The van der Waals surface area contributed by atoms with Gasteiger partial charge < -0.3 is 9.84 Å². The van der Waals surface area contributed by atoms with Crippen molar-refractivity contribution in [3.05, 3.63) is 59.7 Å². The van der Waals surface area contributed by atoms with Gasteiger partial charge in [-0.25, -0.2) is 4.39 Å². The molecule has 1 atom stereocenters. The monoisotopic (exact) mass is 247 g/mol. The van der Waals surface area contributed by atoms with Crippen molar-refractivity contribution in [3.63, 3.8) is 0 Å². The van der Waals surface area contributed by atoms with Crippen molar-refractivity contribution in [3.8, 4) is 5.75 Å². The Morgan fingerprint density at radius 2 is 2.22 bits per heavy atom. The van der Waals surface area contributed by atoms with Crippen molar-refractivity contribution < 1.29 is 14.2 Å². The largest absolute Gasteiger partial charge is 0.495 e. The average molecular weight is 247 g/mol. The Hall–Kier alpha value is -1.94. The number of hydrogen-bond donors (Lipinski definition) is 1. The molecule has 1 heterocycles. The zero-order valence-electron chi connectivity index (χ0n) is 10.0. The van der Waals surface area contributed by atoms with Crippen molar-refractivity contribution in [2.75, 3.05) is 7.11 Å². The van der Waals surface area contributed by atoms with E-state index in [4.69, 9.17) is 4.74 Å². The van der Waals surface area contributed by atoms with Gasteiger partial charge in [0.05, 0.1) is 19.4 Å². The minimum atomic E-state index is -0.746. The van der Waals surface area contributed by atoms with Gasteiger partial charge in [0.1, 0.15) is 11.6 Å². The summed E-state index contributed by atoms with van der Waals surface area (Å²) in [5.41, 5.74) is 1.39. The molecule has 1 unspecified atom stereocenters. The first-order chi connectivity index (χ1) is 8.70. The Balaban J connectivity index is 2.19. The summed E-state index contributed by atoms with van der Waals surface area (Å²) in [5.74, 6) is 0.225. The van der Waals surface area contributed by atoms with E-state index in [1.165, 1.54) is 19.2 Å². The number of halogens is 1. The lowest BCUT2D eigenvalue weighted by atomic mass is 10.0. The van der Waals surface area contributed by atoms with Crippen molar-refractivity contribution >= 4 is 0 Å². The molecule has 1 N–H and O–H groups in total. The Morgan fingerprint density at radius 1 is 1.39 bits per heavy atom. The molecule has 18 heavy (non-hydrogen) atoms. The summed E-state index contributed by atoms with van der Waals surface area (Å²) in [5, 5.41) is 10.1. The fraction of sp³-hybridized carbons (Fsp3) is 0.214. The van der Waals surface area contributed by atoms with Gasteiger partial charge >= 0.3 is 0 Å². The van der Waals surface area contributed by atoms with E-state index in [2.05, 4.69) is 4.98 Å². The van der Waals surface area contributed by atoms with Crippen LogP contribution in [0.3, 0.4) is 0 Å². The van der Waals surface area contributed by atoms with Crippen LogP contribution in [0.5, 0.6) is 5.75 Å². The molecule has 0 saturated heterocycles. The second-order valence-corrected chi connectivity index (χ2v) is 3.97. The summed E-state index contributed by atoms with van der Waals surface area (Å²) in [4.78, 5) is 3.92. The lowest BCUT2D eigenvalue weighted by Crippen LogP contribution is -2.04. The second-order valence-electron chi connectivity index (χ2n) is 3.97. The summed E-state index contributed by atoms with van der Waals surface area (Å²) in [6.07, 6.45) is 2.72. The zero-order valence-corrected chi connectivity index (χ0v) is 10.0. The summed E-state index contributed by atoms with van der Waals surface area (Å²) in [6, 6.07) is 7.89. The van der Waals surface area contributed by atoms with Gasteiger partial charge in [-0.05, 0) is 23.8 Å². The SMILES string of the molecule is COc1cnccc1C(O)Cc1cccc(F)c1. The van der Waals surface area contributed by atoms with E-state index in [0.29, 0.717) is 17.7 Å². The smallest absolute Gasteiger partial charge is 0.142 e. The molecule has 3 nitrogen and oxygen atoms in total. The molecule has 0 aliphatic rings. The Kier molecular flexibility index (Phi) is 3.89. The number of benzene rings is 1. The second kappa shape index (κ2) is 5.60. The van der Waals surface area contributed by atoms with Gasteiger partial charge in [0.25, 0.3) is 0 Å². The van der Waals surface area contributed by atoms with Crippen LogP contribution in [0.2, 0.25) is 0 Å². The molecule has 0 fully saturated rings. The van der Waals surface area contributed by atoms with Crippen LogP contribution in [-0.4, -0.2) is 17.2 Å². The third-order valence-electron chi connectivity index (χ3n) is 2.71. The normalized spacial score (nSPS) is 12.2. The van der Waals surface area contributed by atoms with Gasteiger partial charge in [-0.3, -0.25) is 4.98 Å². The molecular formula is C14H14FNO2. The molecule has 1 aromatic heterocycles. The molecule has 4 heteroatoms. The van der Waals surface area contributed by atoms with Crippen LogP contribution >= 0.6 is 0 Å². The molecule has 94 valence electrons. The fourth-order valence-electron chi connectivity index (χ4n) is 1.83. The maximum absolute atomic E-state index is 13.0. The number of ether oxygens (including phenoxy) is 1. The van der Waals surface area contributed by atoms with Crippen molar-refractivity contribution in [1.29, 1.82) is 0 Å². The number of aliphatic hydroxyl groups excluding tert-OH is 1. The minimum absolute atomic E-state index is 0.304. The highest BCUT2D eigenvalue weighted by molar-refractivity contribution is 5.33. The lowest BCUT2D eigenvalue weighted by molar-refractivity contribution is 0.173. The molecular weight excluding hydrogens is 233 g/mol. The van der Waals surface area contributed by atoms with Crippen LogP contribution in [0.4, 0.5) is 4.39 Å². The van der Waals surface area contributed by atoms with Crippen LogP contribution in [0.15, 0.2) is 42.7 Å². The maximum Gasteiger partial charge on any atom is 0.142 e. The number of nitrogens with zero attached hydrogens (tertiary/aromatic N) is 1. The Bertz CT molecular complexity index is 531. The van der Waals surface area contributed by atoms with Gasteiger partial charge in [0, 0.05) is 18.2 Å². The number of rotatable bonds is 4. The summed E-state index contributed by atoms with van der Waals surface area (Å²) in [7, 11) is 1.52. The van der Waals surface area contributed by atoms with Gasteiger partial charge in [-0.1, -0.05) is 12.1 Å². The highest BCUT2D eigenvalue weighted by Gasteiger charge is 2.13. The van der Waals surface area contributed by atoms with E-state index in [9.17, 15) is 9.50 Å². The predicted octanol–water partition coefficient (Wildman–Crippen LogP) is 2.51. The van der Waals surface area contributed by atoms with E-state index in [1.54, 1.807) is 30.6 Å². The van der Waals surface area contributed by atoms with Crippen molar-refractivity contribution in [2.45, 2.75) is 12.5 Å². The summed E-state index contributed by atoms with van der Waals surface area (Å²) < 4.78 is 18.2. The Labute approximate surface area is 105 Å². The summed E-state index contributed by atoms with van der Waals surface area (Å²) >= 11 is 0. The van der Waals surface area contributed by atoms with Gasteiger partial charge in [0.15, 0.2) is 0 Å². The molecule has 0 amide bonds. The third-order valence-corrected chi connectivity index (χ3v) is 2.71.